The van der Waals surface area contributed by atoms with Crippen LogP contribution in [0.2, 0.25) is 0 Å². The topological polar surface area (TPSA) is 55.2 Å². The average Bonchev–Trinajstić information content (AvgIpc) is 2.42. The lowest BCUT2D eigenvalue weighted by Gasteiger charge is -2.16. The second-order valence-electron chi connectivity index (χ2n) is 4.35. The van der Waals surface area contributed by atoms with Gasteiger partial charge in [0.2, 0.25) is 0 Å². The van der Waals surface area contributed by atoms with E-state index < -0.39 is 4.92 Å². The van der Waals surface area contributed by atoms with Crippen molar-refractivity contribution in [2.75, 3.05) is 5.32 Å². The number of anilines is 1. The highest BCUT2D eigenvalue weighted by Gasteiger charge is 2.10. The van der Waals surface area contributed by atoms with Crippen LogP contribution in [-0.2, 0) is 0 Å². The van der Waals surface area contributed by atoms with Gasteiger partial charge in [0.25, 0.3) is 5.69 Å². The summed E-state index contributed by atoms with van der Waals surface area (Å²) in [5, 5.41) is 13.9. The number of non-ortho nitro benzene ring substituents is 1. The summed E-state index contributed by atoms with van der Waals surface area (Å²) in [7, 11) is 0. The van der Waals surface area contributed by atoms with E-state index in [0.29, 0.717) is 10.2 Å². The van der Waals surface area contributed by atoms with Crippen molar-refractivity contribution in [3.8, 4) is 0 Å². The molecule has 2 aromatic carbocycles. The van der Waals surface area contributed by atoms with Gasteiger partial charge in [-0.3, -0.25) is 10.1 Å². The summed E-state index contributed by atoms with van der Waals surface area (Å²) >= 11 is 3.14. The molecule has 1 atom stereocenters. The molecular weight excluding hydrogens is 327 g/mol. The number of hydrogen-bond donors (Lipinski definition) is 1. The largest absolute Gasteiger partial charge is 0.378 e. The van der Waals surface area contributed by atoms with E-state index in [1.165, 1.54) is 18.2 Å². The van der Waals surface area contributed by atoms with Crippen LogP contribution >= 0.6 is 15.9 Å². The third-order valence-electron chi connectivity index (χ3n) is 2.88. The molecule has 0 spiro atoms. The van der Waals surface area contributed by atoms with Gasteiger partial charge in [0.15, 0.2) is 0 Å². The Morgan fingerprint density at radius 2 is 2.05 bits per heavy atom. The van der Waals surface area contributed by atoms with E-state index in [0.717, 1.165) is 5.56 Å². The zero-order valence-electron chi connectivity index (χ0n) is 10.6. The van der Waals surface area contributed by atoms with Gasteiger partial charge in [-0.15, -0.1) is 0 Å². The Morgan fingerprint density at radius 1 is 1.30 bits per heavy atom. The van der Waals surface area contributed by atoms with Crippen molar-refractivity contribution in [3.63, 3.8) is 0 Å². The first-order valence-electron chi connectivity index (χ1n) is 5.93. The van der Waals surface area contributed by atoms with Crippen LogP contribution in [-0.4, -0.2) is 4.92 Å². The fourth-order valence-electron chi connectivity index (χ4n) is 1.82. The van der Waals surface area contributed by atoms with Crippen molar-refractivity contribution in [1.29, 1.82) is 0 Å². The molecular formula is C14H12BrFN2O2. The number of nitrogens with zero attached hydrogens (tertiary/aromatic N) is 1. The minimum Gasteiger partial charge on any atom is -0.378 e. The summed E-state index contributed by atoms with van der Waals surface area (Å²) in [6.45, 7) is 1.90. The zero-order valence-corrected chi connectivity index (χ0v) is 12.2. The van der Waals surface area contributed by atoms with Crippen LogP contribution < -0.4 is 5.32 Å². The van der Waals surface area contributed by atoms with Gasteiger partial charge in [-0.2, -0.15) is 0 Å². The van der Waals surface area contributed by atoms with Gasteiger partial charge in [0.05, 0.1) is 9.40 Å². The molecule has 0 amide bonds. The average molecular weight is 339 g/mol. The first-order valence-corrected chi connectivity index (χ1v) is 6.72. The monoisotopic (exact) mass is 338 g/mol. The van der Waals surface area contributed by atoms with Crippen LogP contribution in [0.1, 0.15) is 18.5 Å². The van der Waals surface area contributed by atoms with Gasteiger partial charge in [0.1, 0.15) is 5.82 Å². The molecule has 1 N–H and O–H groups in total. The van der Waals surface area contributed by atoms with Crippen molar-refractivity contribution >= 4 is 27.3 Å². The highest BCUT2D eigenvalue weighted by atomic mass is 79.9. The lowest BCUT2D eigenvalue weighted by Crippen LogP contribution is -2.07. The highest BCUT2D eigenvalue weighted by Crippen LogP contribution is 2.25. The number of nitro benzene ring substituents is 1. The van der Waals surface area contributed by atoms with Crippen LogP contribution in [0.5, 0.6) is 0 Å². The number of halogens is 2. The number of rotatable bonds is 4. The third kappa shape index (κ3) is 3.33. The SMILES string of the molecule is CC(Nc1cccc([N+](=O)[O-])c1)c1ccc(F)c(Br)c1. The molecule has 0 radical (unpaired) electrons. The molecule has 0 aliphatic heterocycles. The number of nitro groups is 1. The van der Waals surface area contributed by atoms with Crippen molar-refractivity contribution in [1.82, 2.24) is 0 Å². The van der Waals surface area contributed by atoms with Crippen molar-refractivity contribution in [3.05, 3.63) is 68.4 Å². The van der Waals surface area contributed by atoms with Crippen molar-refractivity contribution in [2.45, 2.75) is 13.0 Å². The Morgan fingerprint density at radius 3 is 2.70 bits per heavy atom. The predicted octanol–water partition coefficient (Wildman–Crippen LogP) is 4.67. The quantitative estimate of drug-likeness (QED) is 0.651. The van der Waals surface area contributed by atoms with E-state index >= 15 is 0 Å². The molecule has 6 heteroatoms. The fourth-order valence-corrected chi connectivity index (χ4v) is 2.22. The van der Waals surface area contributed by atoms with Gasteiger partial charge in [-0.1, -0.05) is 12.1 Å². The molecule has 20 heavy (non-hydrogen) atoms. The Kier molecular flexibility index (Phi) is 4.34. The van der Waals surface area contributed by atoms with E-state index in [2.05, 4.69) is 21.2 Å². The van der Waals surface area contributed by atoms with Crippen LogP contribution in [0.4, 0.5) is 15.8 Å². The lowest BCUT2D eigenvalue weighted by molar-refractivity contribution is -0.384. The molecule has 0 bridgehead atoms. The summed E-state index contributed by atoms with van der Waals surface area (Å²) in [5.41, 5.74) is 1.56. The normalized spacial score (nSPS) is 11.9. The second-order valence-corrected chi connectivity index (χ2v) is 5.20. The van der Waals surface area contributed by atoms with Crippen LogP contribution in [0, 0.1) is 15.9 Å². The van der Waals surface area contributed by atoms with Crippen LogP contribution in [0.15, 0.2) is 46.9 Å². The maximum atomic E-state index is 13.2. The highest BCUT2D eigenvalue weighted by molar-refractivity contribution is 9.10. The van der Waals surface area contributed by atoms with Crippen molar-refractivity contribution < 1.29 is 9.31 Å². The molecule has 0 fully saturated rings. The van der Waals surface area contributed by atoms with E-state index in [9.17, 15) is 14.5 Å². The molecule has 0 saturated carbocycles. The Balaban J connectivity index is 2.18. The minimum atomic E-state index is -0.440. The fraction of sp³-hybridized carbons (Fsp3) is 0.143. The van der Waals surface area contributed by atoms with Gasteiger partial charge in [-0.25, -0.2) is 4.39 Å². The number of hydrogen-bond acceptors (Lipinski definition) is 3. The van der Waals surface area contributed by atoms with E-state index in [1.54, 1.807) is 24.3 Å². The lowest BCUT2D eigenvalue weighted by atomic mass is 10.1. The first-order chi connectivity index (χ1) is 9.47. The Bertz CT molecular complexity index is 649. The van der Waals surface area contributed by atoms with Gasteiger partial charge in [-0.05, 0) is 46.6 Å². The minimum absolute atomic E-state index is 0.0301. The molecule has 4 nitrogen and oxygen atoms in total. The molecule has 104 valence electrons. The molecule has 0 heterocycles. The molecule has 1 unspecified atom stereocenters. The first kappa shape index (κ1) is 14.5. The molecule has 2 aromatic rings. The van der Waals surface area contributed by atoms with E-state index in [1.807, 2.05) is 6.92 Å². The zero-order chi connectivity index (χ0) is 14.7. The Labute approximate surface area is 123 Å². The summed E-state index contributed by atoms with van der Waals surface area (Å²) in [5.74, 6) is -0.323. The molecule has 2 rings (SSSR count). The molecule has 0 aliphatic carbocycles. The maximum Gasteiger partial charge on any atom is 0.271 e. The molecule has 0 aliphatic rings. The summed E-state index contributed by atoms with van der Waals surface area (Å²) < 4.78 is 13.6. The third-order valence-corrected chi connectivity index (χ3v) is 3.49. The summed E-state index contributed by atoms with van der Waals surface area (Å²) in [6, 6.07) is 10.9. The molecule has 0 aromatic heterocycles. The number of nitrogens with one attached hydrogen (secondary N) is 1. The van der Waals surface area contributed by atoms with Crippen LogP contribution in [0.25, 0.3) is 0 Å². The van der Waals surface area contributed by atoms with Gasteiger partial charge < -0.3 is 5.32 Å². The van der Waals surface area contributed by atoms with E-state index in [4.69, 9.17) is 0 Å². The molecule has 0 saturated heterocycles. The van der Waals surface area contributed by atoms with Gasteiger partial charge in [0, 0.05) is 23.9 Å². The predicted molar refractivity (Wildman–Crippen MR) is 79.2 cm³/mol. The second kappa shape index (κ2) is 6.00. The smallest absolute Gasteiger partial charge is 0.271 e. The maximum absolute atomic E-state index is 13.2. The standard InChI is InChI=1S/C14H12BrFN2O2/c1-9(10-5-6-14(16)13(15)7-10)17-11-3-2-4-12(8-11)18(19)20/h2-9,17H,1H3. The summed E-state index contributed by atoms with van der Waals surface area (Å²) in [6.07, 6.45) is 0. The number of benzene rings is 2. The van der Waals surface area contributed by atoms with E-state index in [-0.39, 0.29) is 17.5 Å². The van der Waals surface area contributed by atoms with Gasteiger partial charge >= 0.3 is 0 Å². The van der Waals surface area contributed by atoms with Crippen LogP contribution in [0.3, 0.4) is 0 Å². The van der Waals surface area contributed by atoms with Crippen molar-refractivity contribution in [2.24, 2.45) is 0 Å². The summed E-state index contributed by atoms with van der Waals surface area (Å²) in [4.78, 5) is 10.3. The Hall–Kier alpha value is -1.95.